The van der Waals surface area contributed by atoms with Crippen LogP contribution in [0.15, 0.2) is 18.2 Å². The molecule has 7 heteroatoms. The van der Waals surface area contributed by atoms with E-state index >= 15 is 0 Å². The number of nitrogens with zero attached hydrogens (tertiary/aromatic N) is 2. The highest BCUT2D eigenvalue weighted by atomic mass is 16.7. The second-order valence-corrected chi connectivity index (χ2v) is 5.02. The van der Waals surface area contributed by atoms with Gasteiger partial charge in [-0.05, 0) is 12.1 Å². The fourth-order valence-corrected chi connectivity index (χ4v) is 2.29. The number of carbonyl (C=O) groups is 1. The van der Waals surface area contributed by atoms with Gasteiger partial charge in [0.1, 0.15) is 11.9 Å². The summed E-state index contributed by atoms with van der Waals surface area (Å²) in [5.41, 5.74) is 1.16. The van der Waals surface area contributed by atoms with Gasteiger partial charge in [0.2, 0.25) is 12.7 Å². The minimum absolute atomic E-state index is 0.00788. The van der Waals surface area contributed by atoms with Gasteiger partial charge < -0.3 is 20.1 Å². The third kappa shape index (κ3) is 3.11. The molecule has 1 aromatic carbocycles. The Balaban J connectivity index is 1.80. The highest BCUT2D eigenvalue weighted by molar-refractivity contribution is 5.86. The lowest BCUT2D eigenvalue weighted by atomic mass is 10.1. The third-order valence-electron chi connectivity index (χ3n) is 3.49. The van der Waals surface area contributed by atoms with Gasteiger partial charge in [-0.15, -0.1) is 0 Å². The molecule has 0 spiro atoms. The van der Waals surface area contributed by atoms with Crippen molar-refractivity contribution in [3.8, 4) is 17.6 Å². The van der Waals surface area contributed by atoms with Crippen LogP contribution in [0.2, 0.25) is 0 Å². The van der Waals surface area contributed by atoms with Crippen LogP contribution < -0.4 is 20.1 Å². The number of ether oxygens (including phenoxy) is 2. The van der Waals surface area contributed by atoms with Gasteiger partial charge in [0.25, 0.3) is 0 Å². The Morgan fingerprint density at radius 1 is 1.30 bits per heavy atom. The number of nitriles is 1. The maximum Gasteiger partial charge on any atom is 0.231 e. The van der Waals surface area contributed by atoms with Crippen LogP contribution in [0.4, 0.5) is 5.82 Å². The van der Waals surface area contributed by atoms with E-state index in [-0.39, 0.29) is 12.7 Å². The number of pyridine rings is 1. The first-order chi connectivity index (χ1) is 11.2. The summed E-state index contributed by atoms with van der Waals surface area (Å²) in [5, 5.41) is 16.0. The molecule has 118 valence electrons. The maximum absolute atomic E-state index is 11.2. The summed E-state index contributed by atoms with van der Waals surface area (Å²) in [7, 11) is 0. The summed E-state index contributed by atoms with van der Waals surface area (Å²) in [6.45, 7) is 2.95. The van der Waals surface area contributed by atoms with E-state index in [1.807, 2.05) is 6.07 Å². The lowest BCUT2D eigenvalue weighted by molar-refractivity contribution is -0.120. The second-order valence-electron chi connectivity index (χ2n) is 5.02. The van der Waals surface area contributed by atoms with Crippen LogP contribution in [0.3, 0.4) is 0 Å². The molecule has 0 saturated heterocycles. The van der Waals surface area contributed by atoms with Crippen LogP contribution >= 0.6 is 0 Å². The first kappa shape index (κ1) is 14.9. The average Bonchev–Trinajstić information content (AvgIpc) is 3.02. The quantitative estimate of drug-likeness (QED) is 0.817. The van der Waals surface area contributed by atoms with Gasteiger partial charge in [-0.25, -0.2) is 4.98 Å². The van der Waals surface area contributed by atoms with E-state index in [1.165, 1.54) is 0 Å². The third-order valence-corrected chi connectivity index (χ3v) is 3.49. The number of hydrogen-bond acceptors (Lipinski definition) is 6. The van der Waals surface area contributed by atoms with Crippen LogP contribution in [-0.4, -0.2) is 30.8 Å². The maximum atomic E-state index is 11.2. The Hall–Kier alpha value is -3.01. The van der Waals surface area contributed by atoms with Gasteiger partial charge in [-0.1, -0.05) is 6.92 Å². The van der Waals surface area contributed by atoms with Crippen molar-refractivity contribution in [3.05, 3.63) is 23.8 Å². The molecule has 0 bridgehead atoms. The summed E-state index contributed by atoms with van der Waals surface area (Å²) in [4.78, 5) is 15.7. The molecule has 7 nitrogen and oxygen atoms in total. The lowest BCUT2D eigenvalue weighted by Crippen LogP contribution is -2.28. The molecule has 0 unspecified atom stereocenters. The monoisotopic (exact) mass is 312 g/mol. The molecule has 1 aliphatic heterocycles. The molecule has 0 saturated carbocycles. The fourth-order valence-electron chi connectivity index (χ4n) is 2.29. The molecule has 3 rings (SSSR count). The highest BCUT2D eigenvalue weighted by Crippen LogP contribution is 2.36. The van der Waals surface area contributed by atoms with E-state index in [1.54, 1.807) is 19.1 Å². The van der Waals surface area contributed by atoms with E-state index in [2.05, 4.69) is 21.7 Å². The molecule has 1 aliphatic rings. The van der Waals surface area contributed by atoms with Crippen molar-refractivity contribution >= 4 is 22.6 Å². The zero-order valence-electron chi connectivity index (χ0n) is 12.7. The summed E-state index contributed by atoms with van der Waals surface area (Å²) in [5.74, 6) is 1.79. The Morgan fingerprint density at radius 2 is 2.09 bits per heavy atom. The van der Waals surface area contributed by atoms with Crippen LogP contribution in [0.1, 0.15) is 18.9 Å². The Kier molecular flexibility index (Phi) is 4.15. The predicted molar refractivity (Wildman–Crippen MR) is 84.4 cm³/mol. The van der Waals surface area contributed by atoms with Crippen LogP contribution in [-0.2, 0) is 4.79 Å². The van der Waals surface area contributed by atoms with E-state index in [0.717, 1.165) is 5.39 Å². The topological polar surface area (TPSA) is 96.3 Å². The van der Waals surface area contributed by atoms with Gasteiger partial charge in [0.15, 0.2) is 11.5 Å². The smallest absolute Gasteiger partial charge is 0.231 e. The van der Waals surface area contributed by atoms with Gasteiger partial charge >= 0.3 is 0 Å². The molecule has 1 aromatic heterocycles. The summed E-state index contributed by atoms with van der Waals surface area (Å²) in [6, 6.07) is 7.50. The number of rotatable bonds is 5. The van der Waals surface area contributed by atoms with Crippen molar-refractivity contribution in [1.29, 1.82) is 5.26 Å². The molecular weight excluding hydrogens is 296 g/mol. The molecule has 0 radical (unpaired) electrons. The highest BCUT2D eigenvalue weighted by Gasteiger charge is 2.16. The van der Waals surface area contributed by atoms with Crippen LogP contribution in [0, 0.1) is 11.3 Å². The molecule has 2 aromatic rings. The molecule has 0 aliphatic carbocycles. The van der Waals surface area contributed by atoms with Crippen molar-refractivity contribution in [1.82, 2.24) is 10.3 Å². The number of fused-ring (bicyclic) bond motifs is 2. The van der Waals surface area contributed by atoms with E-state index in [4.69, 9.17) is 9.47 Å². The standard InChI is InChI=1S/C16H16N4O3/c1-2-15(21)18-3-4-19-16-11(8-17)5-10-6-13-14(23-9-22-13)7-12(10)20-16/h5-7H,2-4,9H2,1H3,(H,18,21)(H,19,20). The van der Waals surface area contributed by atoms with E-state index < -0.39 is 0 Å². The zero-order valence-corrected chi connectivity index (χ0v) is 12.7. The Labute approximate surface area is 133 Å². The predicted octanol–water partition coefficient (Wildman–Crippen LogP) is 1.77. The summed E-state index contributed by atoms with van der Waals surface area (Å²) in [6.07, 6.45) is 0.449. The van der Waals surface area contributed by atoms with E-state index in [9.17, 15) is 10.1 Å². The Morgan fingerprint density at radius 3 is 2.83 bits per heavy atom. The van der Waals surface area contributed by atoms with Crippen molar-refractivity contribution in [2.45, 2.75) is 13.3 Å². The fraction of sp³-hybridized carbons (Fsp3) is 0.312. The first-order valence-corrected chi connectivity index (χ1v) is 7.36. The number of anilines is 1. The molecule has 2 heterocycles. The molecule has 0 atom stereocenters. The van der Waals surface area contributed by atoms with Crippen LogP contribution in [0.25, 0.3) is 10.9 Å². The van der Waals surface area contributed by atoms with Gasteiger partial charge in [0, 0.05) is 31.0 Å². The second kappa shape index (κ2) is 6.40. The van der Waals surface area contributed by atoms with Crippen molar-refractivity contribution in [2.24, 2.45) is 0 Å². The molecular formula is C16H16N4O3. The number of benzene rings is 1. The molecule has 0 fully saturated rings. The summed E-state index contributed by atoms with van der Waals surface area (Å²) >= 11 is 0. The van der Waals surface area contributed by atoms with Gasteiger partial charge in [-0.3, -0.25) is 4.79 Å². The molecule has 2 N–H and O–H groups in total. The molecule has 23 heavy (non-hydrogen) atoms. The first-order valence-electron chi connectivity index (χ1n) is 7.36. The van der Waals surface area contributed by atoms with Crippen LogP contribution in [0.5, 0.6) is 11.5 Å². The summed E-state index contributed by atoms with van der Waals surface area (Å²) < 4.78 is 10.7. The number of aromatic nitrogens is 1. The molecule has 1 amide bonds. The van der Waals surface area contributed by atoms with Gasteiger partial charge in [0.05, 0.1) is 11.1 Å². The van der Waals surface area contributed by atoms with E-state index in [0.29, 0.717) is 47.9 Å². The van der Waals surface area contributed by atoms with Crippen molar-refractivity contribution in [2.75, 3.05) is 25.2 Å². The normalized spacial score (nSPS) is 12.0. The Bertz CT molecular complexity index is 798. The minimum atomic E-state index is -0.00788. The van der Waals surface area contributed by atoms with Gasteiger partial charge in [-0.2, -0.15) is 5.26 Å². The minimum Gasteiger partial charge on any atom is -0.454 e. The lowest BCUT2D eigenvalue weighted by Gasteiger charge is -2.10. The SMILES string of the molecule is CCC(=O)NCCNc1nc2cc3c(cc2cc1C#N)OCO3. The number of carbonyl (C=O) groups excluding carboxylic acids is 1. The largest absolute Gasteiger partial charge is 0.454 e. The number of amides is 1. The van der Waals surface area contributed by atoms with Crippen molar-refractivity contribution < 1.29 is 14.3 Å². The van der Waals surface area contributed by atoms with Crippen molar-refractivity contribution in [3.63, 3.8) is 0 Å². The average molecular weight is 312 g/mol. The zero-order chi connectivity index (χ0) is 16.2. The number of hydrogen-bond donors (Lipinski definition) is 2. The number of nitrogens with one attached hydrogen (secondary N) is 2.